The number of para-hydroxylation sites is 2. The summed E-state index contributed by atoms with van der Waals surface area (Å²) in [5.41, 5.74) is 0.00859. The molecule has 0 aliphatic carbocycles. The van der Waals surface area contributed by atoms with Gasteiger partial charge in [0.2, 0.25) is 0 Å². The van der Waals surface area contributed by atoms with Crippen LogP contribution in [0, 0.1) is 20.2 Å². The number of rotatable bonds is 4. The molecule has 0 spiro atoms. The van der Waals surface area contributed by atoms with Crippen molar-refractivity contribution in [2.24, 2.45) is 0 Å². The van der Waals surface area contributed by atoms with Crippen LogP contribution in [0.4, 0.5) is 17.1 Å². The highest BCUT2D eigenvalue weighted by molar-refractivity contribution is 6.33. The van der Waals surface area contributed by atoms with E-state index >= 15 is 0 Å². The average molecular weight is 391 g/mol. The molecular weight excluding hydrogens is 376 g/mol. The molecule has 0 N–H and O–H groups in total. The third kappa shape index (κ3) is 3.68. The molecule has 3 rings (SSSR count). The second-order valence-electron chi connectivity index (χ2n) is 5.92. The monoisotopic (exact) mass is 390 g/mol. The van der Waals surface area contributed by atoms with Crippen molar-refractivity contribution >= 4 is 34.6 Å². The van der Waals surface area contributed by atoms with E-state index in [2.05, 4.69) is 0 Å². The predicted molar refractivity (Wildman–Crippen MR) is 99.3 cm³/mol. The van der Waals surface area contributed by atoms with Gasteiger partial charge in [0.1, 0.15) is 11.3 Å². The predicted octanol–water partition coefficient (Wildman–Crippen LogP) is 3.12. The van der Waals surface area contributed by atoms with Gasteiger partial charge in [0.15, 0.2) is 0 Å². The first-order valence-corrected chi connectivity index (χ1v) is 8.48. The van der Waals surface area contributed by atoms with E-state index in [9.17, 15) is 25.0 Å². The molecule has 1 aliphatic heterocycles. The van der Waals surface area contributed by atoms with E-state index in [0.717, 1.165) is 0 Å². The summed E-state index contributed by atoms with van der Waals surface area (Å²) in [5, 5.41) is 22.7. The molecular formula is C17H15ClN4O5. The summed E-state index contributed by atoms with van der Waals surface area (Å²) in [4.78, 5) is 37.3. The Bertz CT molecular complexity index is 912. The lowest BCUT2D eigenvalue weighted by Gasteiger charge is -2.36. The molecule has 0 unspecified atom stereocenters. The van der Waals surface area contributed by atoms with Gasteiger partial charge in [-0.2, -0.15) is 0 Å². The maximum Gasteiger partial charge on any atom is 0.294 e. The normalized spacial score (nSPS) is 14.1. The number of piperazine rings is 1. The molecule has 1 saturated heterocycles. The van der Waals surface area contributed by atoms with Crippen LogP contribution < -0.4 is 4.90 Å². The molecule has 140 valence electrons. The first kappa shape index (κ1) is 18.6. The van der Waals surface area contributed by atoms with Crippen molar-refractivity contribution in [3.8, 4) is 0 Å². The summed E-state index contributed by atoms with van der Waals surface area (Å²) in [6.45, 7) is 1.20. The van der Waals surface area contributed by atoms with Crippen molar-refractivity contribution in [1.29, 1.82) is 0 Å². The largest absolute Gasteiger partial charge is 0.361 e. The summed E-state index contributed by atoms with van der Waals surface area (Å²) >= 11 is 6.16. The Morgan fingerprint density at radius 1 is 0.889 bits per heavy atom. The quantitative estimate of drug-likeness (QED) is 0.586. The number of nitro groups is 2. The Labute approximate surface area is 159 Å². The number of nitro benzene ring substituents is 2. The number of carbonyl (C=O) groups excluding carboxylic acids is 1. The second-order valence-corrected chi connectivity index (χ2v) is 6.33. The summed E-state index contributed by atoms with van der Waals surface area (Å²) in [6.07, 6.45) is 0. The number of halogens is 1. The van der Waals surface area contributed by atoms with E-state index in [-0.39, 0.29) is 35.1 Å². The summed E-state index contributed by atoms with van der Waals surface area (Å²) < 4.78 is 0. The zero-order valence-electron chi connectivity index (χ0n) is 14.1. The molecule has 1 fully saturated rings. The molecule has 10 heteroatoms. The van der Waals surface area contributed by atoms with Crippen LogP contribution in [-0.2, 0) is 0 Å². The lowest BCUT2D eigenvalue weighted by Crippen LogP contribution is -2.49. The number of amides is 1. The second kappa shape index (κ2) is 7.58. The Hall–Kier alpha value is -3.20. The van der Waals surface area contributed by atoms with Gasteiger partial charge in [-0.1, -0.05) is 29.8 Å². The molecule has 1 aliphatic rings. The third-order valence-corrected chi connectivity index (χ3v) is 4.68. The van der Waals surface area contributed by atoms with E-state index in [0.29, 0.717) is 18.8 Å². The number of carbonyl (C=O) groups is 1. The van der Waals surface area contributed by atoms with Gasteiger partial charge in [0.25, 0.3) is 17.3 Å². The van der Waals surface area contributed by atoms with Crippen LogP contribution in [0.2, 0.25) is 5.02 Å². The molecule has 2 aromatic carbocycles. The van der Waals surface area contributed by atoms with Gasteiger partial charge in [0.05, 0.1) is 14.9 Å². The molecule has 0 saturated carbocycles. The topological polar surface area (TPSA) is 110 Å². The van der Waals surface area contributed by atoms with Crippen molar-refractivity contribution in [1.82, 2.24) is 4.90 Å². The summed E-state index contributed by atoms with van der Waals surface area (Å²) in [6, 6.07) is 10.3. The van der Waals surface area contributed by atoms with Crippen molar-refractivity contribution in [2.45, 2.75) is 0 Å². The van der Waals surface area contributed by atoms with Gasteiger partial charge in [-0.05, 0) is 12.1 Å². The van der Waals surface area contributed by atoms with Crippen LogP contribution in [0.25, 0.3) is 0 Å². The van der Waals surface area contributed by atoms with Gasteiger partial charge >= 0.3 is 0 Å². The highest BCUT2D eigenvalue weighted by Crippen LogP contribution is 2.36. The molecule has 0 atom stereocenters. The Morgan fingerprint density at radius 3 is 2.11 bits per heavy atom. The van der Waals surface area contributed by atoms with Crippen LogP contribution >= 0.6 is 11.6 Å². The lowest BCUT2D eigenvalue weighted by molar-refractivity contribution is -0.385. The smallest absolute Gasteiger partial charge is 0.294 e. The maximum atomic E-state index is 12.7. The Kier molecular flexibility index (Phi) is 5.22. The first-order chi connectivity index (χ1) is 12.9. The lowest BCUT2D eigenvalue weighted by atomic mass is 10.1. The van der Waals surface area contributed by atoms with Gasteiger partial charge in [-0.15, -0.1) is 0 Å². The fourth-order valence-corrected chi connectivity index (χ4v) is 3.37. The van der Waals surface area contributed by atoms with Gasteiger partial charge in [-0.25, -0.2) is 0 Å². The number of hydrogen-bond acceptors (Lipinski definition) is 6. The van der Waals surface area contributed by atoms with Crippen molar-refractivity contribution < 1.29 is 14.6 Å². The first-order valence-electron chi connectivity index (χ1n) is 8.10. The Morgan fingerprint density at radius 2 is 1.48 bits per heavy atom. The molecule has 2 aromatic rings. The van der Waals surface area contributed by atoms with Crippen LogP contribution in [0.15, 0.2) is 42.5 Å². The number of benzene rings is 2. The third-order valence-electron chi connectivity index (χ3n) is 4.38. The fraction of sp³-hybridized carbons (Fsp3) is 0.235. The van der Waals surface area contributed by atoms with E-state index in [4.69, 9.17) is 11.6 Å². The molecule has 0 bridgehead atoms. The van der Waals surface area contributed by atoms with E-state index in [1.165, 1.54) is 35.2 Å². The number of anilines is 1. The maximum absolute atomic E-state index is 12.7. The van der Waals surface area contributed by atoms with E-state index < -0.39 is 15.8 Å². The van der Waals surface area contributed by atoms with Gasteiger partial charge in [0, 0.05) is 38.3 Å². The summed E-state index contributed by atoms with van der Waals surface area (Å²) in [5.74, 6) is -0.435. The summed E-state index contributed by atoms with van der Waals surface area (Å²) in [7, 11) is 0. The van der Waals surface area contributed by atoms with Crippen LogP contribution in [0.5, 0.6) is 0 Å². The minimum absolute atomic E-state index is 0.0275. The minimum Gasteiger partial charge on any atom is -0.361 e. The molecule has 27 heavy (non-hydrogen) atoms. The average Bonchev–Trinajstić information content (AvgIpc) is 2.67. The van der Waals surface area contributed by atoms with Gasteiger partial charge < -0.3 is 9.80 Å². The zero-order valence-corrected chi connectivity index (χ0v) is 14.8. The van der Waals surface area contributed by atoms with E-state index in [1.54, 1.807) is 17.0 Å². The SMILES string of the molecule is O=C(c1ccccc1[N+](=O)[O-])N1CCN(c2c(Cl)cccc2[N+](=O)[O-])CC1. The molecule has 0 aromatic heterocycles. The van der Waals surface area contributed by atoms with Crippen molar-refractivity contribution in [3.63, 3.8) is 0 Å². The van der Waals surface area contributed by atoms with Crippen LogP contribution in [-0.4, -0.2) is 46.8 Å². The molecule has 1 heterocycles. The van der Waals surface area contributed by atoms with E-state index in [1.807, 2.05) is 0 Å². The van der Waals surface area contributed by atoms with Crippen LogP contribution in [0.1, 0.15) is 10.4 Å². The highest BCUT2D eigenvalue weighted by atomic mass is 35.5. The number of nitrogens with zero attached hydrogens (tertiary/aromatic N) is 4. The zero-order chi connectivity index (χ0) is 19.6. The minimum atomic E-state index is -0.587. The highest BCUT2D eigenvalue weighted by Gasteiger charge is 2.30. The molecule has 1 amide bonds. The van der Waals surface area contributed by atoms with Crippen molar-refractivity contribution in [3.05, 3.63) is 73.3 Å². The molecule has 0 radical (unpaired) electrons. The van der Waals surface area contributed by atoms with Gasteiger partial charge in [-0.3, -0.25) is 25.0 Å². The standard InChI is InChI=1S/C17H15ClN4O5/c18-13-5-3-7-15(22(26)27)16(13)19-8-10-20(11-9-19)17(23)12-4-1-2-6-14(12)21(24)25/h1-7H,8-11H2. The van der Waals surface area contributed by atoms with Crippen LogP contribution in [0.3, 0.4) is 0 Å². The fourth-order valence-electron chi connectivity index (χ4n) is 3.08. The Balaban J connectivity index is 1.78. The molecule has 9 nitrogen and oxygen atoms in total. The van der Waals surface area contributed by atoms with Crippen molar-refractivity contribution in [2.75, 3.05) is 31.1 Å². The number of hydrogen-bond donors (Lipinski definition) is 0.